The number of benzene rings is 1. The predicted octanol–water partition coefficient (Wildman–Crippen LogP) is 7.55. The topological polar surface area (TPSA) is 44.8 Å². The van der Waals surface area contributed by atoms with Crippen molar-refractivity contribution in [3.8, 4) is 5.75 Å². The first-order valence-corrected chi connectivity index (χ1v) is 16.0. The molecule has 0 aliphatic rings. The van der Waals surface area contributed by atoms with E-state index < -0.39 is 7.82 Å². The number of hydrogen-bond acceptors (Lipinski definition) is 4. The zero-order valence-electron chi connectivity index (χ0n) is 14.4. The van der Waals surface area contributed by atoms with E-state index in [4.69, 9.17) is 13.6 Å². The zero-order chi connectivity index (χ0) is 20.4. The number of alkyl halides is 6. The highest BCUT2D eigenvalue weighted by Gasteiger charge is 2.38. The molecule has 1 aromatic rings. The summed E-state index contributed by atoms with van der Waals surface area (Å²) in [6, 6.07) is 8.91. The highest BCUT2D eigenvalue weighted by atomic mass is 79.9. The van der Waals surface area contributed by atoms with Crippen molar-refractivity contribution in [1.82, 2.24) is 0 Å². The van der Waals surface area contributed by atoms with Gasteiger partial charge in [-0.25, -0.2) is 4.57 Å². The van der Waals surface area contributed by atoms with Crippen molar-refractivity contribution in [3.05, 3.63) is 30.3 Å². The minimum Gasteiger partial charge on any atom is -0.404 e. The molecule has 0 aromatic heterocycles. The van der Waals surface area contributed by atoms with E-state index >= 15 is 0 Å². The Balaban J connectivity index is 3.00. The normalized spacial score (nSPS) is 13.0. The van der Waals surface area contributed by atoms with Crippen molar-refractivity contribution in [2.45, 2.75) is 0 Å². The third kappa shape index (κ3) is 8.60. The molecule has 0 radical (unpaired) electrons. The van der Waals surface area contributed by atoms with Gasteiger partial charge in [-0.15, -0.1) is 0 Å². The second-order valence-corrected chi connectivity index (χ2v) is 11.2. The highest BCUT2D eigenvalue weighted by Crippen LogP contribution is 2.52. The Bertz CT molecular complexity index is 539. The number of rotatable bonds is 14. The molecular formula is C16H21Br6O4P. The van der Waals surface area contributed by atoms with Crippen molar-refractivity contribution in [1.29, 1.82) is 0 Å². The number of phosphoric acid groups is 1. The maximum atomic E-state index is 13.4. The van der Waals surface area contributed by atoms with Crippen LogP contribution in [-0.4, -0.2) is 45.2 Å². The summed E-state index contributed by atoms with van der Waals surface area (Å²) in [5.74, 6) is 0.435. The monoisotopic (exact) mass is 782 g/mol. The average molecular weight is 788 g/mol. The summed E-state index contributed by atoms with van der Waals surface area (Å²) in [6.07, 6.45) is 0. The predicted molar refractivity (Wildman–Crippen MR) is 134 cm³/mol. The minimum atomic E-state index is -3.84. The van der Waals surface area contributed by atoms with Crippen LogP contribution in [-0.2, 0) is 13.6 Å². The van der Waals surface area contributed by atoms with Gasteiger partial charge in [0.25, 0.3) is 0 Å². The minimum absolute atomic E-state index is 0.197. The van der Waals surface area contributed by atoms with E-state index in [0.717, 1.165) is 0 Å². The molecule has 0 saturated heterocycles. The van der Waals surface area contributed by atoms with Crippen LogP contribution in [0, 0.1) is 10.8 Å². The molecule has 0 aliphatic heterocycles. The van der Waals surface area contributed by atoms with E-state index in [1.807, 2.05) is 6.07 Å². The lowest BCUT2D eigenvalue weighted by atomic mass is 9.98. The smallest absolute Gasteiger partial charge is 0.404 e. The molecule has 0 N–H and O–H groups in total. The van der Waals surface area contributed by atoms with E-state index in [9.17, 15) is 4.57 Å². The molecule has 0 fully saturated rings. The largest absolute Gasteiger partial charge is 0.530 e. The van der Waals surface area contributed by atoms with Crippen molar-refractivity contribution in [3.63, 3.8) is 0 Å². The lowest BCUT2D eigenvalue weighted by Gasteiger charge is -2.31. The van der Waals surface area contributed by atoms with Crippen LogP contribution in [0.2, 0.25) is 0 Å². The summed E-state index contributed by atoms with van der Waals surface area (Å²) < 4.78 is 30.6. The van der Waals surface area contributed by atoms with Gasteiger partial charge < -0.3 is 4.52 Å². The molecule has 0 spiro atoms. The molecule has 0 bridgehead atoms. The first-order valence-electron chi connectivity index (χ1n) is 7.85. The summed E-state index contributed by atoms with van der Waals surface area (Å²) >= 11 is 21.0. The number of para-hydroxylation sites is 1. The molecule has 4 nitrogen and oxygen atoms in total. The molecule has 0 heterocycles. The van der Waals surface area contributed by atoms with Crippen molar-refractivity contribution in [2.24, 2.45) is 10.8 Å². The Morgan fingerprint density at radius 3 is 1.41 bits per heavy atom. The summed E-state index contributed by atoms with van der Waals surface area (Å²) in [7, 11) is -3.84. The van der Waals surface area contributed by atoms with E-state index in [2.05, 4.69) is 95.6 Å². The lowest BCUT2D eigenvalue weighted by Crippen LogP contribution is -2.34. The van der Waals surface area contributed by atoms with Crippen molar-refractivity contribution >= 4 is 103 Å². The second-order valence-electron chi connectivity index (χ2n) is 6.20. The molecular weight excluding hydrogens is 767 g/mol. The van der Waals surface area contributed by atoms with Crippen LogP contribution in [0.3, 0.4) is 0 Å². The summed E-state index contributed by atoms with van der Waals surface area (Å²) in [5, 5.41) is 3.98. The van der Waals surface area contributed by atoms with Gasteiger partial charge in [0.2, 0.25) is 0 Å². The summed E-state index contributed by atoms with van der Waals surface area (Å²) in [6.45, 7) is 0.394. The molecule has 0 saturated carbocycles. The average Bonchev–Trinajstić information content (AvgIpc) is 2.72. The Kier molecular flexibility index (Phi) is 13.5. The standard InChI is InChI=1S/C16H21Br6O4P/c17-6-15(7-18,8-19)12-24-27(23,26-14-4-2-1-3-5-14)25-13-16(9-20,10-21)11-22/h1-5H,6-13H2. The van der Waals surface area contributed by atoms with Gasteiger partial charge in [0.15, 0.2) is 0 Å². The van der Waals surface area contributed by atoms with Gasteiger partial charge in [-0.2, -0.15) is 0 Å². The highest BCUT2D eigenvalue weighted by molar-refractivity contribution is 9.10. The Hall–Kier alpha value is 2.05. The van der Waals surface area contributed by atoms with Gasteiger partial charge in [0, 0.05) is 42.8 Å². The SMILES string of the molecule is O=P(OCC(CBr)(CBr)CBr)(OCC(CBr)(CBr)CBr)Oc1ccccc1. The van der Waals surface area contributed by atoms with Crippen LogP contribution in [0.15, 0.2) is 30.3 Å². The quantitative estimate of drug-likeness (QED) is 0.145. The first-order chi connectivity index (χ1) is 12.9. The second kappa shape index (κ2) is 13.5. The van der Waals surface area contributed by atoms with Crippen LogP contribution in [0.25, 0.3) is 0 Å². The maximum absolute atomic E-state index is 13.4. The Morgan fingerprint density at radius 2 is 1.07 bits per heavy atom. The molecule has 27 heavy (non-hydrogen) atoms. The van der Waals surface area contributed by atoms with Crippen molar-refractivity contribution < 1.29 is 18.1 Å². The fourth-order valence-electron chi connectivity index (χ4n) is 1.58. The van der Waals surface area contributed by atoms with Crippen LogP contribution < -0.4 is 4.52 Å². The number of hydrogen-bond donors (Lipinski definition) is 0. The van der Waals surface area contributed by atoms with E-state index in [1.165, 1.54) is 0 Å². The van der Waals surface area contributed by atoms with E-state index in [-0.39, 0.29) is 24.0 Å². The van der Waals surface area contributed by atoms with Crippen LogP contribution in [0.5, 0.6) is 5.75 Å². The molecule has 0 unspecified atom stereocenters. The third-order valence-corrected chi connectivity index (χ3v) is 12.2. The van der Waals surface area contributed by atoms with Gasteiger partial charge in [-0.05, 0) is 12.1 Å². The van der Waals surface area contributed by atoms with Gasteiger partial charge in [-0.1, -0.05) is 114 Å². The van der Waals surface area contributed by atoms with E-state index in [1.54, 1.807) is 24.3 Å². The number of halogens is 6. The zero-order valence-corrected chi connectivity index (χ0v) is 24.8. The molecule has 1 aromatic carbocycles. The first kappa shape index (κ1) is 27.1. The van der Waals surface area contributed by atoms with Crippen LogP contribution in [0.4, 0.5) is 0 Å². The fourth-order valence-corrected chi connectivity index (χ4v) is 9.54. The lowest BCUT2D eigenvalue weighted by molar-refractivity contribution is 0.100. The number of phosphoric ester groups is 1. The summed E-state index contributed by atoms with van der Waals surface area (Å²) in [5.41, 5.74) is -0.563. The third-order valence-electron chi connectivity index (χ3n) is 3.72. The Morgan fingerprint density at radius 1 is 0.704 bits per heavy atom. The molecule has 0 aliphatic carbocycles. The Labute approximate surface area is 211 Å². The van der Waals surface area contributed by atoms with Crippen LogP contribution >= 0.6 is 103 Å². The van der Waals surface area contributed by atoms with Gasteiger partial charge >= 0.3 is 7.82 Å². The molecule has 11 heteroatoms. The molecule has 0 amide bonds. The fraction of sp³-hybridized carbons (Fsp3) is 0.625. The van der Waals surface area contributed by atoms with Crippen molar-refractivity contribution in [2.75, 3.05) is 45.2 Å². The van der Waals surface area contributed by atoms with Gasteiger partial charge in [-0.3, -0.25) is 9.05 Å². The van der Waals surface area contributed by atoms with E-state index in [0.29, 0.717) is 37.7 Å². The van der Waals surface area contributed by atoms with Gasteiger partial charge in [0.05, 0.1) is 13.2 Å². The van der Waals surface area contributed by atoms with Crippen LogP contribution in [0.1, 0.15) is 0 Å². The molecule has 1 rings (SSSR count). The molecule has 0 atom stereocenters. The summed E-state index contributed by atoms with van der Waals surface area (Å²) in [4.78, 5) is 0. The van der Waals surface area contributed by atoms with Gasteiger partial charge in [0.1, 0.15) is 5.75 Å². The molecule has 156 valence electrons. The maximum Gasteiger partial charge on any atom is 0.530 e.